The fourth-order valence-corrected chi connectivity index (χ4v) is 4.98. The second kappa shape index (κ2) is 10.6. The van der Waals surface area contributed by atoms with Crippen molar-refractivity contribution in [3.05, 3.63) is 53.6 Å². The molecule has 1 amide bonds. The molecule has 1 saturated heterocycles. The number of ether oxygens (including phenoxy) is 3. The van der Waals surface area contributed by atoms with E-state index in [2.05, 4.69) is 5.32 Å². The highest BCUT2D eigenvalue weighted by Crippen LogP contribution is 2.29. The zero-order chi connectivity index (χ0) is 23.1. The molecule has 1 heterocycles. The van der Waals surface area contributed by atoms with Crippen LogP contribution in [0, 0.1) is 6.92 Å². The van der Waals surface area contributed by atoms with E-state index in [0.717, 1.165) is 5.56 Å². The molecule has 0 radical (unpaired) electrons. The molecule has 2 aromatic carbocycles. The zero-order valence-electron chi connectivity index (χ0n) is 18.5. The Hall–Kier alpha value is -2.88. The van der Waals surface area contributed by atoms with E-state index in [-0.39, 0.29) is 11.5 Å². The van der Waals surface area contributed by atoms with Gasteiger partial charge in [-0.15, -0.1) is 0 Å². The standard InChI is InChI=1S/C23H28N2O6S/c1-4-5-18-7-9-20(21(14-18)29-3)31-16-23(26)24-19-8-6-17(2)22(15-19)32(27,28)25-10-12-30-13-11-25/h4-9,14-15H,10-13,16H2,1-3H3,(H,24,26)/b5-4+. The summed E-state index contributed by atoms with van der Waals surface area (Å²) in [6.07, 6.45) is 3.84. The molecule has 0 bridgehead atoms. The average Bonchev–Trinajstić information content (AvgIpc) is 2.80. The Bertz CT molecular complexity index is 1090. The number of methoxy groups -OCH3 is 1. The first-order valence-electron chi connectivity index (χ1n) is 10.3. The number of anilines is 1. The molecule has 3 rings (SSSR count). The highest BCUT2D eigenvalue weighted by atomic mass is 32.2. The second-order valence-corrected chi connectivity index (χ2v) is 9.15. The molecule has 9 heteroatoms. The topological polar surface area (TPSA) is 94.2 Å². The first kappa shape index (κ1) is 23.8. The fraction of sp³-hybridized carbons (Fsp3) is 0.348. The van der Waals surface area contributed by atoms with Crippen molar-refractivity contribution in [2.24, 2.45) is 0 Å². The number of amides is 1. The molecule has 0 aliphatic carbocycles. The highest BCUT2D eigenvalue weighted by molar-refractivity contribution is 7.89. The lowest BCUT2D eigenvalue weighted by molar-refractivity contribution is -0.118. The van der Waals surface area contributed by atoms with Gasteiger partial charge in [-0.05, 0) is 49.2 Å². The van der Waals surface area contributed by atoms with Gasteiger partial charge in [-0.25, -0.2) is 8.42 Å². The number of carbonyl (C=O) groups is 1. The van der Waals surface area contributed by atoms with Crippen molar-refractivity contribution >= 4 is 27.7 Å². The Kier molecular flexibility index (Phi) is 7.89. The Morgan fingerprint density at radius 1 is 1.16 bits per heavy atom. The van der Waals surface area contributed by atoms with Gasteiger partial charge in [0.2, 0.25) is 10.0 Å². The first-order valence-corrected chi connectivity index (χ1v) is 11.7. The van der Waals surface area contributed by atoms with Crippen molar-refractivity contribution in [1.29, 1.82) is 0 Å². The predicted molar refractivity (Wildman–Crippen MR) is 123 cm³/mol. The molecule has 0 saturated carbocycles. The van der Waals surface area contributed by atoms with Crippen molar-refractivity contribution in [3.63, 3.8) is 0 Å². The van der Waals surface area contributed by atoms with Crippen molar-refractivity contribution in [3.8, 4) is 11.5 Å². The summed E-state index contributed by atoms with van der Waals surface area (Å²) < 4.78 is 43.6. The maximum absolute atomic E-state index is 13.0. The van der Waals surface area contributed by atoms with Gasteiger partial charge < -0.3 is 19.5 Å². The van der Waals surface area contributed by atoms with Crippen LogP contribution in [-0.4, -0.2) is 58.7 Å². The lowest BCUT2D eigenvalue weighted by Gasteiger charge is -2.26. The smallest absolute Gasteiger partial charge is 0.262 e. The van der Waals surface area contributed by atoms with Gasteiger partial charge in [0, 0.05) is 18.8 Å². The Balaban J connectivity index is 1.69. The SMILES string of the molecule is C/C=C/c1ccc(OCC(=O)Nc2ccc(C)c(S(=O)(=O)N3CCOCC3)c2)c(OC)c1. The average molecular weight is 461 g/mol. The lowest BCUT2D eigenvalue weighted by atomic mass is 10.2. The minimum absolute atomic E-state index is 0.166. The number of hydrogen-bond donors (Lipinski definition) is 1. The minimum atomic E-state index is -3.68. The van der Waals surface area contributed by atoms with Crippen LogP contribution in [0.5, 0.6) is 11.5 Å². The van der Waals surface area contributed by atoms with Crippen molar-refractivity contribution in [2.75, 3.05) is 45.3 Å². The molecular weight excluding hydrogens is 432 g/mol. The molecule has 32 heavy (non-hydrogen) atoms. The molecule has 8 nitrogen and oxygen atoms in total. The lowest BCUT2D eigenvalue weighted by Crippen LogP contribution is -2.40. The summed E-state index contributed by atoms with van der Waals surface area (Å²) in [5.74, 6) is 0.543. The number of morpholine rings is 1. The van der Waals surface area contributed by atoms with Gasteiger partial charge in [0.15, 0.2) is 18.1 Å². The molecule has 0 unspecified atom stereocenters. The summed E-state index contributed by atoms with van der Waals surface area (Å²) in [7, 11) is -2.14. The highest BCUT2D eigenvalue weighted by Gasteiger charge is 2.28. The second-order valence-electron chi connectivity index (χ2n) is 7.24. The number of sulfonamides is 1. The Morgan fingerprint density at radius 3 is 2.59 bits per heavy atom. The number of aryl methyl sites for hydroxylation is 1. The number of allylic oxidation sites excluding steroid dienone is 1. The van der Waals surface area contributed by atoms with Gasteiger partial charge in [0.25, 0.3) is 5.91 Å². The summed E-state index contributed by atoms with van der Waals surface area (Å²) in [6.45, 7) is 4.74. The van der Waals surface area contributed by atoms with E-state index in [1.54, 1.807) is 25.1 Å². The van der Waals surface area contributed by atoms with Gasteiger partial charge in [-0.1, -0.05) is 24.3 Å². The van der Waals surface area contributed by atoms with Crippen LogP contribution in [0.3, 0.4) is 0 Å². The molecule has 1 aliphatic heterocycles. The van der Waals surface area contributed by atoms with Crippen molar-refractivity contribution < 1.29 is 27.4 Å². The Morgan fingerprint density at radius 2 is 1.91 bits per heavy atom. The van der Waals surface area contributed by atoms with E-state index in [9.17, 15) is 13.2 Å². The van der Waals surface area contributed by atoms with Gasteiger partial charge in [-0.3, -0.25) is 4.79 Å². The number of hydrogen-bond acceptors (Lipinski definition) is 6. The number of carbonyl (C=O) groups excluding carboxylic acids is 1. The molecular formula is C23H28N2O6S. The van der Waals surface area contributed by atoms with E-state index < -0.39 is 15.9 Å². The summed E-state index contributed by atoms with van der Waals surface area (Å²) in [5.41, 5.74) is 1.94. The van der Waals surface area contributed by atoms with E-state index in [4.69, 9.17) is 14.2 Å². The molecule has 0 atom stereocenters. The number of benzene rings is 2. The summed E-state index contributed by atoms with van der Waals surface area (Å²) in [6, 6.07) is 10.2. The van der Waals surface area contributed by atoms with Crippen LogP contribution in [0.1, 0.15) is 18.1 Å². The van der Waals surface area contributed by atoms with E-state index in [1.165, 1.54) is 17.5 Å². The molecule has 1 fully saturated rings. The van der Waals surface area contributed by atoms with E-state index in [0.29, 0.717) is 49.1 Å². The minimum Gasteiger partial charge on any atom is -0.493 e. The molecule has 172 valence electrons. The number of nitrogens with one attached hydrogen (secondary N) is 1. The summed E-state index contributed by atoms with van der Waals surface area (Å²) in [4.78, 5) is 12.6. The number of nitrogens with zero attached hydrogens (tertiary/aromatic N) is 1. The summed E-state index contributed by atoms with van der Waals surface area (Å²) in [5, 5.41) is 2.70. The maximum Gasteiger partial charge on any atom is 0.262 e. The maximum atomic E-state index is 13.0. The molecule has 1 aliphatic rings. The van der Waals surface area contributed by atoms with Crippen LogP contribution >= 0.6 is 0 Å². The van der Waals surface area contributed by atoms with Gasteiger partial charge in [-0.2, -0.15) is 4.31 Å². The fourth-order valence-electron chi connectivity index (χ4n) is 3.32. The molecule has 1 N–H and O–H groups in total. The predicted octanol–water partition coefficient (Wildman–Crippen LogP) is 3.08. The third kappa shape index (κ3) is 5.67. The normalized spacial score (nSPS) is 15.0. The number of rotatable bonds is 8. The van der Waals surface area contributed by atoms with Crippen LogP contribution in [0.2, 0.25) is 0 Å². The van der Waals surface area contributed by atoms with E-state index >= 15 is 0 Å². The van der Waals surface area contributed by atoms with Gasteiger partial charge in [0.1, 0.15) is 0 Å². The van der Waals surface area contributed by atoms with Crippen molar-refractivity contribution in [1.82, 2.24) is 4.31 Å². The van der Waals surface area contributed by atoms with Gasteiger partial charge >= 0.3 is 0 Å². The van der Waals surface area contributed by atoms with Crippen LogP contribution < -0.4 is 14.8 Å². The van der Waals surface area contributed by atoms with Crippen LogP contribution in [0.4, 0.5) is 5.69 Å². The third-order valence-corrected chi connectivity index (χ3v) is 7.01. The molecule has 2 aromatic rings. The monoisotopic (exact) mass is 460 g/mol. The van der Waals surface area contributed by atoms with Crippen molar-refractivity contribution in [2.45, 2.75) is 18.7 Å². The molecule has 0 aromatic heterocycles. The van der Waals surface area contributed by atoms with E-state index in [1.807, 2.05) is 31.2 Å². The summed E-state index contributed by atoms with van der Waals surface area (Å²) >= 11 is 0. The molecule has 0 spiro atoms. The third-order valence-electron chi connectivity index (χ3n) is 4.97. The van der Waals surface area contributed by atoms with Crippen LogP contribution in [0.25, 0.3) is 6.08 Å². The quantitative estimate of drug-likeness (QED) is 0.651. The first-order chi connectivity index (χ1) is 15.3. The zero-order valence-corrected chi connectivity index (χ0v) is 19.3. The van der Waals surface area contributed by atoms with Crippen LogP contribution in [-0.2, 0) is 19.6 Å². The van der Waals surface area contributed by atoms with Gasteiger partial charge in [0.05, 0.1) is 25.2 Å². The largest absolute Gasteiger partial charge is 0.493 e. The van der Waals surface area contributed by atoms with Crippen LogP contribution in [0.15, 0.2) is 47.4 Å². The Labute approximate surface area is 188 Å².